The van der Waals surface area contributed by atoms with Crippen molar-refractivity contribution in [3.8, 4) is 0 Å². The lowest BCUT2D eigenvalue weighted by Gasteiger charge is -2.49. The summed E-state index contributed by atoms with van der Waals surface area (Å²) < 4.78 is 7.70. The van der Waals surface area contributed by atoms with Crippen LogP contribution in [0.4, 0.5) is 0 Å². The molecule has 2 atom stereocenters. The van der Waals surface area contributed by atoms with Crippen molar-refractivity contribution in [3.63, 3.8) is 0 Å². The Hall–Kier alpha value is -4.71. The fourth-order valence-electron chi connectivity index (χ4n) is 5.56. The van der Waals surface area contributed by atoms with Gasteiger partial charge >= 0.3 is 5.97 Å². The smallest absolute Gasteiger partial charge is 0.356 e. The van der Waals surface area contributed by atoms with Crippen molar-refractivity contribution in [1.29, 1.82) is 0 Å². The first-order chi connectivity index (χ1) is 23.0. The first-order valence-electron chi connectivity index (χ1n) is 14.8. The van der Waals surface area contributed by atoms with Gasteiger partial charge in [0.25, 0.3) is 5.91 Å². The Morgan fingerprint density at radius 1 is 0.936 bits per heavy atom. The molecule has 1 unspecified atom stereocenters. The summed E-state index contributed by atoms with van der Waals surface area (Å²) in [4.78, 5) is 60.0. The summed E-state index contributed by atoms with van der Waals surface area (Å²) in [5.41, 5.74) is 2.36. The van der Waals surface area contributed by atoms with Gasteiger partial charge in [0.15, 0.2) is 11.5 Å². The summed E-state index contributed by atoms with van der Waals surface area (Å²) >= 11 is 4.16. The molecule has 0 aliphatic carbocycles. The molecule has 4 heterocycles. The number of benzene rings is 3. The Kier molecular flexibility index (Phi) is 8.92. The van der Waals surface area contributed by atoms with E-state index in [1.54, 1.807) is 18.5 Å². The first kappa shape index (κ1) is 30.9. The van der Waals surface area contributed by atoms with E-state index in [0.717, 1.165) is 21.4 Å². The van der Waals surface area contributed by atoms with Crippen molar-refractivity contribution in [1.82, 2.24) is 15.2 Å². The Morgan fingerprint density at radius 3 is 2.28 bits per heavy atom. The van der Waals surface area contributed by atoms with E-state index in [0.29, 0.717) is 20.3 Å². The number of β-lactam (4-membered cyclic amide) rings is 1. The molecule has 5 aromatic rings. The highest BCUT2D eigenvalue weighted by molar-refractivity contribution is 8.07. The van der Waals surface area contributed by atoms with E-state index in [-0.39, 0.29) is 29.4 Å². The number of aromatic nitrogens is 1. The molecule has 2 aliphatic heterocycles. The van der Waals surface area contributed by atoms with Crippen LogP contribution >= 0.6 is 34.9 Å². The van der Waals surface area contributed by atoms with Crippen molar-refractivity contribution in [2.75, 3.05) is 5.75 Å². The average Bonchev–Trinajstić information content (AvgIpc) is 3.10. The number of carbonyl (C=O) groups is 3. The normalized spacial score (nSPS) is 17.3. The zero-order chi connectivity index (χ0) is 32.3. The summed E-state index contributed by atoms with van der Waals surface area (Å²) in [6.07, 6.45) is 2.59. The molecule has 1 fully saturated rings. The van der Waals surface area contributed by atoms with E-state index in [2.05, 4.69) is 10.3 Å². The van der Waals surface area contributed by atoms with Gasteiger partial charge < -0.3 is 10.1 Å². The molecule has 1 saturated heterocycles. The van der Waals surface area contributed by atoms with Crippen LogP contribution in [0.5, 0.6) is 0 Å². The zero-order valence-electron chi connectivity index (χ0n) is 24.8. The first-order valence-corrected chi connectivity index (χ1v) is 17.5. The van der Waals surface area contributed by atoms with Crippen LogP contribution < -0.4 is 10.7 Å². The molecule has 1 N–H and O–H groups in total. The SMILES string of the molecule is O=C(Cc1ccccc1)NC1C(=O)N2C(C(=O)OC(c3ccccc3)c3ccccc3)=C(Sc3cc(=O)c4cnccc4s3)CS[C@@H]12. The predicted octanol–water partition coefficient (Wildman–Crippen LogP) is 5.94. The van der Waals surface area contributed by atoms with Gasteiger partial charge in [0, 0.05) is 33.8 Å². The quantitative estimate of drug-likeness (QED) is 0.151. The number of hydrogen-bond donors (Lipinski definition) is 1. The third-order valence-corrected chi connectivity index (χ3v) is 11.6. The van der Waals surface area contributed by atoms with E-state index in [1.165, 1.54) is 45.8 Å². The Morgan fingerprint density at radius 2 is 1.60 bits per heavy atom. The number of thioether (sulfide) groups is 2. The van der Waals surface area contributed by atoms with Gasteiger partial charge in [-0.1, -0.05) is 103 Å². The molecule has 2 aliphatic rings. The number of rotatable bonds is 9. The van der Waals surface area contributed by atoms with Crippen LogP contribution in [0.3, 0.4) is 0 Å². The predicted molar refractivity (Wildman–Crippen MR) is 185 cm³/mol. The largest absolute Gasteiger partial charge is 0.448 e. The minimum atomic E-state index is -0.783. The molecule has 8 nitrogen and oxygen atoms in total. The van der Waals surface area contributed by atoms with Crippen LogP contribution in [0.15, 0.2) is 135 Å². The maximum absolute atomic E-state index is 14.3. The van der Waals surface area contributed by atoms with Gasteiger partial charge in [-0.3, -0.25) is 24.3 Å². The van der Waals surface area contributed by atoms with Crippen LogP contribution in [0.25, 0.3) is 10.1 Å². The Bertz CT molecular complexity index is 2020. The summed E-state index contributed by atoms with van der Waals surface area (Å²) in [7, 11) is 0. The molecule has 7 rings (SSSR count). The van der Waals surface area contributed by atoms with Crippen molar-refractivity contribution in [2.24, 2.45) is 0 Å². The second-order valence-electron chi connectivity index (χ2n) is 10.9. The topological polar surface area (TPSA) is 106 Å². The molecule has 11 heteroatoms. The fraction of sp³-hybridized carbons (Fsp3) is 0.139. The molecule has 3 aromatic carbocycles. The number of nitrogens with one attached hydrogen (secondary N) is 1. The number of amides is 2. The van der Waals surface area contributed by atoms with Crippen molar-refractivity contribution >= 4 is 62.7 Å². The third kappa shape index (κ3) is 6.47. The highest BCUT2D eigenvalue weighted by atomic mass is 32.2. The van der Waals surface area contributed by atoms with E-state index in [9.17, 15) is 19.2 Å². The monoisotopic (exact) mass is 677 g/mol. The van der Waals surface area contributed by atoms with Crippen LogP contribution in [0.2, 0.25) is 0 Å². The average molecular weight is 678 g/mol. The van der Waals surface area contributed by atoms with Gasteiger partial charge in [0.05, 0.1) is 16.0 Å². The van der Waals surface area contributed by atoms with Crippen LogP contribution in [-0.4, -0.2) is 44.8 Å². The van der Waals surface area contributed by atoms with Crippen molar-refractivity contribution in [2.45, 2.75) is 28.1 Å². The molecule has 234 valence electrons. The Labute approximate surface area is 282 Å². The fourth-order valence-corrected chi connectivity index (χ4v) is 9.40. The van der Waals surface area contributed by atoms with Gasteiger partial charge in [-0.05, 0) is 22.8 Å². The van der Waals surface area contributed by atoms with Crippen LogP contribution in [0, 0.1) is 0 Å². The summed E-state index contributed by atoms with van der Waals surface area (Å²) in [5.74, 6) is -0.935. The summed E-state index contributed by atoms with van der Waals surface area (Å²) in [5, 5.41) is 2.92. The van der Waals surface area contributed by atoms with E-state index in [4.69, 9.17) is 4.74 Å². The molecular formula is C36H27N3O5S3. The number of esters is 1. The zero-order valence-corrected chi connectivity index (χ0v) is 27.2. The Balaban J connectivity index is 1.22. The number of ether oxygens (including phenoxy) is 1. The molecule has 2 aromatic heterocycles. The lowest BCUT2D eigenvalue weighted by molar-refractivity contribution is -0.154. The van der Waals surface area contributed by atoms with Gasteiger partial charge in [0.1, 0.15) is 17.1 Å². The van der Waals surface area contributed by atoms with Gasteiger partial charge in [-0.2, -0.15) is 0 Å². The van der Waals surface area contributed by atoms with E-state index >= 15 is 0 Å². The van der Waals surface area contributed by atoms with Crippen LogP contribution in [-0.2, 0) is 25.5 Å². The number of fused-ring (bicyclic) bond motifs is 2. The highest BCUT2D eigenvalue weighted by Gasteiger charge is 2.54. The van der Waals surface area contributed by atoms with Gasteiger partial charge in [0.2, 0.25) is 5.91 Å². The summed E-state index contributed by atoms with van der Waals surface area (Å²) in [6.45, 7) is 0. The molecule has 0 spiro atoms. The minimum absolute atomic E-state index is 0.128. The second-order valence-corrected chi connectivity index (χ2v) is 14.5. The van der Waals surface area contributed by atoms with E-state index in [1.807, 2.05) is 91.0 Å². The molecule has 47 heavy (non-hydrogen) atoms. The summed E-state index contributed by atoms with van der Waals surface area (Å²) in [6, 6.07) is 30.7. The lowest BCUT2D eigenvalue weighted by Crippen LogP contribution is -2.70. The maximum atomic E-state index is 14.3. The van der Waals surface area contributed by atoms with Crippen LogP contribution in [0.1, 0.15) is 22.8 Å². The maximum Gasteiger partial charge on any atom is 0.356 e. The second kappa shape index (κ2) is 13.6. The number of pyridine rings is 1. The van der Waals surface area contributed by atoms with Gasteiger partial charge in [-0.15, -0.1) is 23.1 Å². The minimum Gasteiger partial charge on any atom is -0.448 e. The number of hydrogen-bond acceptors (Lipinski definition) is 9. The van der Waals surface area contributed by atoms with Crippen molar-refractivity contribution in [3.05, 3.63) is 153 Å². The standard InChI is InChI=1S/C36H27N3O5S3/c40-26-19-30(46-27-16-17-37-20-25(26)27)47-28-21-45-35-31(38-29(41)18-22-10-4-1-5-11-22)34(42)39(35)32(28)36(43)44-33(23-12-6-2-7-13-23)24-14-8-3-9-15-24/h1-17,19-20,31,33,35H,18,21H2,(H,38,41)/t31?,35-/m0/s1. The highest BCUT2D eigenvalue weighted by Crippen LogP contribution is 2.47. The molecule has 0 bridgehead atoms. The number of carbonyl (C=O) groups excluding carboxylic acids is 3. The lowest BCUT2D eigenvalue weighted by atomic mass is 10.0. The molecule has 0 saturated carbocycles. The third-order valence-electron chi connectivity index (χ3n) is 7.81. The molecular weight excluding hydrogens is 651 g/mol. The molecule has 2 amide bonds. The molecule has 0 radical (unpaired) electrons. The van der Waals surface area contributed by atoms with E-state index < -0.39 is 23.5 Å². The number of nitrogens with zero attached hydrogens (tertiary/aromatic N) is 2. The van der Waals surface area contributed by atoms with Gasteiger partial charge in [-0.25, -0.2) is 4.79 Å². The van der Waals surface area contributed by atoms with Crippen molar-refractivity contribution < 1.29 is 19.1 Å².